The minimum Gasteiger partial charge on any atom is -0.494 e. The van der Waals surface area contributed by atoms with Crippen LogP contribution in [0.1, 0.15) is 64.3 Å². The molecule has 1 aromatic heterocycles. The molecule has 0 spiro atoms. The van der Waals surface area contributed by atoms with Crippen LogP contribution in [0.15, 0.2) is 53.1 Å². The third kappa shape index (κ3) is 8.02. The van der Waals surface area contributed by atoms with Gasteiger partial charge in [0, 0.05) is 35.7 Å². The molecular formula is C31H40N4O7. The van der Waals surface area contributed by atoms with Crippen LogP contribution in [0.4, 0.5) is 11.5 Å². The molecule has 0 aliphatic rings. The Balaban J connectivity index is 2.08. The molecule has 1 unspecified atom stereocenters. The van der Waals surface area contributed by atoms with Gasteiger partial charge >= 0.3 is 0 Å². The molecule has 2 aromatic carbocycles. The molecule has 1 heterocycles. The average Bonchev–Trinajstić information content (AvgIpc) is 3.38. The van der Waals surface area contributed by atoms with E-state index in [1.165, 1.54) is 19.1 Å². The number of aryl methyl sites for hydroxylation is 1. The smallest absolute Gasteiger partial charge is 0.248 e. The highest BCUT2D eigenvalue weighted by atomic mass is 16.5. The predicted molar refractivity (Wildman–Crippen MR) is 159 cm³/mol. The Labute approximate surface area is 246 Å². The summed E-state index contributed by atoms with van der Waals surface area (Å²) < 4.78 is 21.8. The predicted octanol–water partition coefficient (Wildman–Crippen LogP) is 5.20. The van der Waals surface area contributed by atoms with Crippen molar-refractivity contribution in [2.45, 2.75) is 65.5 Å². The molecule has 1 atom stereocenters. The van der Waals surface area contributed by atoms with E-state index in [2.05, 4.69) is 15.8 Å². The summed E-state index contributed by atoms with van der Waals surface area (Å²) in [6.45, 7) is 9.83. The van der Waals surface area contributed by atoms with Crippen molar-refractivity contribution in [3.05, 3.63) is 59.9 Å². The van der Waals surface area contributed by atoms with Crippen LogP contribution in [0.3, 0.4) is 0 Å². The van der Waals surface area contributed by atoms with E-state index in [9.17, 15) is 14.4 Å². The molecule has 3 rings (SSSR count). The monoisotopic (exact) mass is 580 g/mol. The van der Waals surface area contributed by atoms with Crippen molar-refractivity contribution < 1.29 is 33.1 Å². The molecule has 0 radical (unpaired) electrons. The van der Waals surface area contributed by atoms with Gasteiger partial charge in [0.2, 0.25) is 17.7 Å². The van der Waals surface area contributed by atoms with Gasteiger partial charge in [0.25, 0.3) is 0 Å². The quantitative estimate of drug-likeness (QED) is 0.266. The second-order valence-electron chi connectivity index (χ2n) is 10.3. The van der Waals surface area contributed by atoms with Gasteiger partial charge in [0.1, 0.15) is 17.6 Å². The van der Waals surface area contributed by atoms with Crippen molar-refractivity contribution >= 4 is 29.2 Å². The van der Waals surface area contributed by atoms with Gasteiger partial charge in [-0.15, -0.1) is 0 Å². The Hall–Kier alpha value is -4.54. The van der Waals surface area contributed by atoms with Crippen LogP contribution >= 0.6 is 0 Å². The summed E-state index contributed by atoms with van der Waals surface area (Å²) in [6, 6.07) is 12.5. The Morgan fingerprint density at radius 1 is 1.02 bits per heavy atom. The number of aromatic nitrogens is 1. The summed E-state index contributed by atoms with van der Waals surface area (Å²) in [5.41, 5.74) is 0.297. The second kappa shape index (κ2) is 14.4. The maximum absolute atomic E-state index is 14.1. The molecule has 0 bridgehead atoms. The Bertz CT molecular complexity index is 1370. The van der Waals surface area contributed by atoms with Crippen LogP contribution in [0.25, 0.3) is 0 Å². The molecule has 0 fully saturated rings. The summed E-state index contributed by atoms with van der Waals surface area (Å²) in [5, 5.41) is 9.47. The second-order valence-corrected chi connectivity index (χ2v) is 10.3. The van der Waals surface area contributed by atoms with Gasteiger partial charge < -0.3 is 29.4 Å². The van der Waals surface area contributed by atoms with E-state index >= 15 is 0 Å². The molecule has 11 heteroatoms. The fraction of sp³-hybridized carbons (Fsp3) is 0.419. The number of nitrogens with one attached hydrogen (secondary N) is 2. The first-order chi connectivity index (χ1) is 20.0. The molecule has 42 heavy (non-hydrogen) atoms. The van der Waals surface area contributed by atoms with Crippen molar-refractivity contribution in [2.75, 3.05) is 31.0 Å². The van der Waals surface area contributed by atoms with E-state index in [-0.39, 0.29) is 18.7 Å². The molecule has 0 saturated carbocycles. The van der Waals surface area contributed by atoms with Crippen molar-refractivity contribution in [3.8, 4) is 17.2 Å². The van der Waals surface area contributed by atoms with Crippen molar-refractivity contribution in [1.82, 2.24) is 10.5 Å². The molecule has 0 aliphatic carbocycles. The van der Waals surface area contributed by atoms with E-state index in [1.54, 1.807) is 55.5 Å². The number of carbonyl (C=O) groups excluding carboxylic acids is 3. The number of carbonyl (C=O) groups is 3. The summed E-state index contributed by atoms with van der Waals surface area (Å²) in [5.74, 6) is 0.843. The number of ether oxygens (including phenoxy) is 3. The van der Waals surface area contributed by atoms with Crippen LogP contribution in [-0.2, 0) is 14.4 Å². The van der Waals surface area contributed by atoms with Crippen LogP contribution < -0.4 is 29.7 Å². The standard InChI is InChI=1S/C31H40N4O7/c1-8-31(4,5)33-30(38)28(23-11-10-12-24(39-6)29(23)40-7)35(21-13-15-22(16-14-21)41-9-2)27(37)18-17-26(36)32-25-19-20(3)42-34-25/h10-16,19,28H,8-9,17-18H2,1-7H3,(H,33,38)(H,32,34,36). The SMILES string of the molecule is CCOc1ccc(N(C(=O)CCC(=O)Nc2cc(C)on2)C(C(=O)NC(C)(C)CC)c2cccc(OC)c2OC)cc1. The number of hydrogen-bond donors (Lipinski definition) is 2. The van der Waals surface area contributed by atoms with Crippen LogP contribution in [0.5, 0.6) is 17.2 Å². The summed E-state index contributed by atoms with van der Waals surface area (Å²) >= 11 is 0. The largest absolute Gasteiger partial charge is 0.494 e. The fourth-order valence-electron chi connectivity index (χ4n) is 4.29. The van der Waals surface area contributed by atoms with Gasteiger partial charge in [0.15, 0.2) is 17.3 Å². The summed E-state index contributed by atoms with van der Waals surface area (Å²) in [7, 11) is 2.98. The lowest BCUT2D eigenvalue weighted by molar-refractivity contribution is -0.128. The minimum atomic E-state index is -1.16. The number of methoxy groups -OCH3 is 2. The number of nitrogens with zero attached hydrogens (tertiary/aromatic N) is 2. The first-order valence-corrected chi connectivity index (χ1v) is 13.8. The van der Waals surface area contributed by atoms with Crippen LogP contribution in [-0.4, -0.2) is 49.2 Å². The topological polar surface area (TPSA) is 132 Å². The highest BCUT2D eigenvalue weighted by Crippen LogP contribution is 2.40. The van der Waals surface area contributed by atoms with E-state index in [0.717, 1.165) is 0 Å². The molecular weight excluding hydrogens is 540 g/mol. The van der Waals surface area contributed by atoms with Crippen LogP contribution in [0, 0.1) is 6.92 Å². The number of anilines is 2. The molecule has 2 N–H and O–H groups in total. The van der Waals surface area contributed by atoms with Crippen LogP contribution in [0.2, 0.25) is 0 Å². The lowest BCUT2D eigenvalue weighted by Gasteiger charge is -2.35. The zero-order valence-corrected chi connectivity index (χ0v) is 25.3. The van der Waals surface area contributed by atoms with Gasteiger partial charge in [-0.3, -0.25) is 19.3 Å². The number of hydrogen-bond acceptors (Lipinski definition) is 8. The molecule has 11 nitrogen and oxygen atoms in total. The highest BCUT2D eigenvalue weighted by molar-refractivity contribution is 6.03. The van der Waals surface area contributed by atoms with Gasteiger partial charge in [-0.2, -0.15) is 0 Å². The normalized spacial score (nSPS) is 11.8. The van der Waals surface area contributed by atoms with Crippen molar-refractivity contribution in [2.24, 2.45) is 0 Å². The first-order valence-electron chi connectivity index (χ1n) is 13.8. The Morgan fingerprint density at radius 3 is 2.31 bits per heavy atom. The zero-order valence-electron chi connectivity index (χ0n) is 25.3. The number of amides is 3. The molecule has 226 valence electrons. The van der Waals surface area contributed by atoms with E-state index in [1.807, 2.05) is 27.7 Å². The first kappa shape index (κ1) is 32.0. The fourth-order valence-corrected chi connectivity index (χ4v) is 4.29. The molecule has 3 amide bonds. The maximum atomic E-state index is 14.1. The van der Waals surface area contributed by atoms with E-state index in [0.29, 0.717) is 47.3 Å². The average molecular weight is 581 g/mol. The van der Waals surface area contributed by atoms with E-state index < -0.39 is 29.3 Å². The Morgan fingerprint density at radius 2 is 1.74 bits per heavy atom. The number of rotatable bonds is 14. The van der Waals surface area contributed by atoms with Gasteiger partial charge in [0.05, 0.1) is 20.8 Å². The zero-order chi connectivity index (χ0) is 30.9. The van der Waals surface area contributed by atoms with Gasteiger partial charge in [-0.05, 0) is 64.4 Å². The number of para-hydroxylation sites is 1. The van der Waals surface area contributed by atoms with Crippen molar-refractivity contribution in [3.63, 3.8) is 0 Å². The van der Waals surface area contributed by atoms with Gasteiger partial charge in [-0.1, -0.05) is 24.2 Å². The Kier molecular flexibility index (Phi) is 11.0. The highest BCUT2D eigenvalue weighted by Gasteiger charge is 2.37. The van der Waals surface area contributed by atoms with E-state index in [4.69, 9.17) is 18.7 Å². The maximum Gasteiger partial charge on any atom is 0.248 e. The van der Waals surface area contributed by atoms with Gasteiger partial charge in [-0.25, -0.2) is 0 Å². The third-order valence-corrected chi connectivity index (χ3v) is 6.74. The lowest BCUT2D eigenvalue weighted by atomic mass is 9.97. The summed E-state index contributed by atoms with van der Waals surface area (Å²) in [6.07, 6.45) is 0.310. The minimum absolute atomic E-state index is 0.150. The summed E-state index contributed by atoms with van der Waals surface area (Å²) in [4.78, 5) is 42.3. The molecule has 0 saturated heterocycles. The number of benzene rings is 2. The lowest BCUT2D eigenvalue weighted by Crippen LogP contribution is -2.50. The molecule has 3 aromatic rings. The van der Waals surface area contributed by atoms with Crippen molar-refractivity contribution in [1.29, 1.82) is 0 Å². The molecule has 0 aliphatic heterocycles. The third-order valence-electron chi connectivity index (χ3n) is 6.74.